The minimum atomic E-state index is -0.0386. The van der Waals surface area contributed by atoms with Crippen molar-refractivity contribution in [1.29, 1.82) is 0 Å². The molecule has 0 radical (unpaired) electrons. The zero-order valence-electron chi connectivity index (χ0n) is 13.1. The molecular formula is C17H20ClN3OS. The number of thioether (sulfide) groups is 1. The van der Waals surface area contributed by atoms with E-state index in [1.807, 2.05) is 34.9 Å². The molecule has 6 heteroatoms. The number of nitrogens with one attached hydrogen (secondary N) is 1. The van der Waals surface area contributed by atoms with Gasteiger partial charge in [-0.3, -0.25) is 4.98 Å². The van der Waals surface area contributed by atoms with E-state index in [0.29, 0.717) is 16.5 Å². The van der Waals surface area contributed by atoms with Crippen LogP contribution in [0, 0.1) is 5.92 Å². The maximum absolute atomic E-state index is 12.6. The van der Waals surface area contributed by atoms with Gasteiger partial charge in [-0.1, -0.05) is 11.6 Å². The van der Waals surface area contributed by atoms with Crippen LogP contribution in [0.5, 0.6) is 0 Å². The number of piperidine rings is 1. The maximum Gasteiger partial charge on any atom is 0.321 e. The van der Waals surface area contributed by atoms with E-state index in [1.165, 1.54) is 6.42 Å². The van der Waals surface area contributed by atoms with Crippen molar-refractivity contribution in [3.05, 3.63) is 35.5 Å². The van der Waals surface area contributed by atoms with Gasteiger partial charge in [0.05, 0.1) is 16.2 Å². The Hall–Kier alpha value is -1.46. The first-order chi connectivity index (χ1) is 11.2. The van der Waals surface area contributed by atoms with E-state index in [-0.39, 0.29) is 6.03 Å². The molecule has 1 aliphatic heterocycles. The van der Waals surface area contributed by atoms with E-state index < -0.39 is 0 Å². The number of aromatic nitrogens is 1. The van der Waals surface area contributed by atoms with Crippen molar-refractivity contribution in [2.75, 3.05) is 30.4 Å². The maximum atomic E-state index is 12.6. The number of pyridine rings is 1. The van der Waals surface area contributed by atoms with E-state index in [0.717, 1.165) is 36.3 Å². The summed E-state index contributed by atoms with van der Waals surface area (Å²) in [4.78, 5) is 18.8. The van der Waals surface area contributed by atoms with Gasteiger partial charge in [0.25, 0.3) is 0 Å². The van der Waals surface area contributed by atoms with Crippen LogP contribution >= 0.6 is 23.4 Å². The fourth-order valence-electron chi connectivity index (χ4n) is 3.06. The number of rotatable bonds is 3. The summed E-state index contributed by atoms with van der Waals surface area (Å²) in [6.07, 6.45) is 6.10. The van der Waals surface area contributed by atoms with Crippen molar-refractivity contribution < 1.29 is 4.79 Å². The Morgan fingerprint density at radius 2 is 2.35 bits per heavy atom. The summed E-state index contributed by atoms with van der Waals surface area (Å²) in [7, 11) is 0. The fourth-order valence-corrected chi connectivity index (χ4v) is 4.02. The summed E-state index contributed by atoms with van der Waals surface area (Å²) < 4.78 is 0. The zero-order valence-corrected chi connectivity index (χ0v) is 14.7. The number of carbonyl (C=O) groups excluding carboxylic acids is 1. The number of fused-ring (bicyclic) bond motifs is 1. The molecule has 23 heavy (non-hydrogen) atoms. The van der Waals surface area contributed by atoms with E-state index >= 15 is 0 Å². The lowest BCUT2D eigenvalue weighted by atomic mass is 10.0. The second kappa shape index (κ2) is 7.41. The number of benzene rings is 1. The van der Waals surface area contributed by atoms with Crippen molar-refractivity contribution in [2.24, 2.45) is 5.92 Å². The molecule has 122 valence electrons. The Morgan fingerprint density at radius 3 is 3.17 bits per heavy atom. The Balaban J connectivity index is 1.77. The predicted octanol–water partition coefficient (Wildman–Crippen LogP) is 4.50. The number of likely N-dealkylation sites (tertiary alicyclic amines) is 1. The van der Waals surface area contributed by atoms with E-state index in [1.54, 1.807) is 12.3 Å². The van der Waals surface area contributed by atoms with Crippen LogP contribution in [0.15, 0.2) is 30.5 Å². The summed E-state index contributed by atoms with van der Waals surface area (Å²) in [6.45, 7) is 1.65. The largest absolute Gasteiger partial charge is 0.324 e. The van der Waals surface area contributed by atoms with Crippen LogP contribution in [-0.4, -0.2) is 41.0 Å². The van der Waals surface area contributed by atoms with Gasteiger partial charge in [0.15, 0.2) is 0 Å². The van der Waals surface area contributed by atoms with Crippen molar-refractivity contribution in [3.63, 3.8) is 0 Å². The van der Waals surface area contributed by atoms with Crippen LogP contribution < -0.4 is 5.32 Å². The lowest BCUT2D eigenvalue weighted by Gasteiger charge is -2.32. The van der Waals surface area contributed by atoms with Crippen LogP contribution in [0.3, 0.4) is 0 Å². The number of nitrogens with zero attached hydrogens (tertiary/aromatic N) is 2. The van der Waals surface area contributed by atoms with Gasteiger partial charge in [0.1, 0.15) is 0 Å². The van der Waals surface area contributed by atoms with Gasteiger partial charge in [-0.2, -0.15) is 11.8 Å². The molecule has 0 saturated carbocycles. The van der Waals surface area contributed by atoms with Gasteiger partial charge < -0.3 is 10.2 Å². The Labute approximate surface area is 145 Å². The molecule has 2 amide bonds. The number of hydrogen-bond donors (Lipinski definition) is 1. The third kappa shape index (κ3) is 3.72. The summed E-state index contributed by atoms with van der Waals surface area (Å²) in [5, 5.41) is 4.49. The SMILES string of the molecule is CSC[C@H]1CCCN(C(=O)Nc2ccc(Cl)c3ncccc23)C1. The Bertz CT molecular complexity index is 707. The molecule has 1 fully saturated rings. The first-order valence-electron chi connectivity index (χ1n) is 7.77. The smallest absolute Gasteiger partial charge is 0.321 e. The molecule has 1 saturated heterocycles. The van der Waals surface area contributed by atoms with E-state index in [4.69, 9.17) is 11.6 Å². The minimum absolute atomic E-state index is 0.0386. The topological polar surface area (TPSA) is 45.2 Å². The van der Waals surface area contributed by atoms with Gasteiger partial charge in [-0.05, 0) is 55.0 Å². The molecule has 0 spiro atoms. The Kier molecular flexibility index (Phi) is 5.28. The van der Waals surface area contributed by atoms with Crippen LogP contribution in [0.2, 0.25) is 5.02 Å². The van der Waals surface area contributed by atoms with Crippen LogP contribution in [0.4, 0.5) is 10.5 Å². The van der Waals surface area contributed by atoms with Gasteiger partial charge in [-0.15, -0.1) is 0 Å². The first-order valence-corrected chi connectivity index (χ1v) is 9.54. The molecule has 0 aliphatic carbocycles. The normalized spacial score (nSPS) is 18.2. The van der Waals surface area contributed by atoms with Gasteiger partial charge >= 0.3 is 6.03 Å². The quantitative estimate of drug-likeness (QED) is 0.887. The number of anilines is 1. The third-order valence-corrected chi connectivity index (χ3v) is 5.28. The lowest BCUT2D eigenvalue weighted by Crippen LogP contribution is -2.42. The predicted molar refractivity (Wildman–Crippen MR) is 98.5 cm³/mol. The lowest BCUT2D eigenvalue weighted by molar-refractivity contribution is 0.183. The standard InChI is InChI=1S/C17H20ClN3OS/c1-23-11-12-4-3-9-21(10-12)17(22)20-15-7-6-14(18)16-13(15)5-2-8-19-16/h2,5-8,12H,3-4,9-11H2,1H3,(H,20,22)/t12-/m0/s1. The molecule has 0 unspecified atom stereocenters. The molecule has 0 bridgehead atoms. The van der Waals surface area contributed by atoms with Gasteiger partial charge in [0.2, 0.25) is 0 Å². The highest BCUT2D eigenvalue weighted by atomic mass is 35.5. The molecule has 1 aliphatic rings. The van der Waals surface area contributed by atoms with Crippen molar-refractivity contribution >= 4 is 46.0 Å². The monoisotopic (exact) mass is 349 g/mol. The minimum Gasteiger partial charge on any atom is -0.324 e. The van der Waals surface area contributed by atoms with Gasteiger partial charge in [0, 0.05) is 24.7 Å². The molecule has 1 N–H and O–H groups in total. The molecule has 3 rings (SSSR count). The number of carbonyl (C=O) groups is 1. The third-order valence-electron chi connectivity index (χ3n) is 4.17. The van der Waals surface area contributed by atoms with E-state index in [2.05, 4.69) is 16.6 Å². The second-order valence-electron chi connectivity index (χ2n) is 5.83. The molecule has 1 atom stereocenters. The summed E-state index contributed by atoms with van der Waals surface area (Å²) in [6, 6.07) is 7.36. The molecule has 1 aromatic heterocycles. The van der Waals surface area contributed by atoms with Gasteiger partial charge in [-0.25, -0.2) is 4.79 Å². The molecular weight excluding hydrogens is 330 g/mol. The number of urea groups is 1. The zero-order chi connectivity index (χ0) is 16.2. The average molecular weight is 350 g/mol. The highest BCUT2D eigenvalue weighted by molar-refractivity contribution is 7.98. The van der Waals surface area contributed by atoms with Crippen LogP contribution in [-0.2, 0) is 0 Å². The molecule has 4 nitrogen and oxygen atoms in total. The summed E-state index contributed by atoms with van der Waals surface area (Å²) in [5.41, 5.74) is 1.47. The second-order valence-corrected chi connectivity index (χ2v) is 7.15. The van der Waals surface area contributed by atoms with E-state index in [9.17, 15) is 4.79 Å². The molecule has 2 aromatic rings. The molecule has 2 heterocycles. The number of halogens is 1. The number of hydrogen-bond acceptors (Lipinski definition) is 3. The summed E-state index contributed by atoms with van der Waals surface area (Å²) >= 11 is 8.03. The summed E-state index contributed by atoms with van der Waals surface area (Å²) in [5.74, 6) is 1.70. The van der Waals surface area contributed by atoms with Crippen molar-refractivity contribution in [3.8, 4) is 0 Å². The van der Waals surface area contributed by atoms with Crippen LogP contribution in [0.25, 0.3) is 10.9 Å². The van der Waals surface area contributed by atoms with Crippen molar-refractivity contribution in [2.45, 2.75) is 12.8 Å². The highest BCUT2D eigenvalue weighted by Crippen LogP contribution is 2.28. The highest BCUT2D eigenvalue weighted by Gasteiger charge is 2.23. The van der Waals surface area contributed by atoms with Crippen LogP contribution in [0.1, 0.15) is 12.8 Å². The molecule has 1 aromatic carbocycles. The average Bonchev–Trinajstić information content (AvgIpc) is 2.58. The number of amides is 2. The first kappa shape index (κ1) is 16.4. The fraction of sp³-hybridized carbons (Fsp3) is 0.412. The Morgan fingerprint density at radius 1 is 1.48 bits per heavy atom. The van der Waals surface area contributed by atoms with Crippen molar-refractivity contribution in [1.82, 2.24) is 9.88 Å².